The van der Waals surface area contributed by atoms with Crippen LogP contribution in [0.4, 0.5) is 0 Å². The molecule has 0 bridgehead atoms. The highest BCUT2D eigenvalue weighted by Gasteiger charge is 2.35. The van der Waals surface area contributed by atoms with Crippen LogP contribution >= 0.6 is 11.8 Å². The van der Waals surface area contributed by atoms with Crippen molar-refractivity contribution in [3.05, 3.63) is 22.8 Å². The molecule has 1 rings (SSSR count). The summed E-state index contributed by atoms with van der Waals surface area (Å²) in [5, 5.41) is 30.0. The number of esters is 1. The summed E-state index contributed by atoms with van der Waals surface area (Å²) in [4.78, 5) is 23.5. The standard InChI is InChI=1S/C24H40O6S/c1-4-6-9-14-24(3,29)15-13-18-19(25)17-20(30-22(28)11-5-2)23(18)31-16-10-7-8-12-21(26)27/h13,15,18-19,25,29H,4-12,14,16-17H2,1-3H3,(H,26,27)/t18-,19+,24-/m0/s1. The average molecular weight is 457 g/mol. The van der Waals surface area contributed by atoms with Gasteiger partial charge >= 0.3 is 11.9 Å². The molecule has 178 valence electrons. The summed E-state index contributed by atoms with van der Waals surface area (Å²) >= 11 is 1.56. The maximum Gasteiger partial charge on any atom is 0.310 e. The van der Waals surface area contributed by atoms with Gasteiger partial charge in [0.05, 0.1) is 11.7 Å². The van der Waals surface area contributed by atoms with Gasteiger partial charge in [0, 0.05) is 30.1 Å². The molecule has 0 saturated heterocycles. The van der Waals surface area contributed by atoms with Crippen LogP contribution in [-0.2, 0) is 14.3 Å². The van der Waals surface area contributed by atoms with E-state index in [-0.39, 0.29) is 24.7 Å². The van der Waals surface area contributed by atoms with Gasteiger partial charge in [0.1, 0.15) is 5.76 Å². The maximum atomic E-state index is 12.0. The third-order valence-corrected chi connectivity index (χ3v) is 6.62. The molecular formula is C24H40O6S. The highest BCUT2D eigenvalue weighted by molar-refractivity contribution is 8.03. The Labute approximate surface area is 191 Å². The summed E-state index contributed by atoms with van der Waals surface area (Å²) in [6.07, 6.45) is 10.5. The van der Waals surface area contributed by atoms with Gasteiger partial charge < -0.3 is 20.1 Å². The molecule has 0 aliphatic heterocycles. The molecule has 0 heterocycles. The zero-order chi connectivity index (χ0) is 23.3. The van der Waals surface area contributed by atoms with Crippen LogP contribution in [0, 0.1) is 5.92 Å². The number of aliphatic hydroxyl groups is 2. The molecule has 1 aliphatic carbocycles. The Bertz CT molecular complexity index is 626. The highest BCUT2D eigenvalue weighted by Crippen LogP contribution is 2.42. The van der Waals surface area contributed by atoms with E-state index in [0.29, 0.717) is 31.4 Å². The molecule has 0 fully saturated rings. The van der Waals surface area contributed by atoms with Gasteiger partial charge in [-0.15, -0.1) is 11.8 Å². The lowest BCUT2D eigenvalue weighted by Gasteiger charge is -2.21. The summed E-state index contributed by atoms with van der Waals surface area (Å²) < 4.78 is 5.57. The third kappa shape index (κ3) is 11.2. The van der Waals surface area contributed by atoms with Gasteiger partial charge in [0.25, 0.3) is 0 Å². The van der Waals surface area contributed by atoms with Crippen molar-refractivity contribution >= 4 is 23.7 Å². The van der Waals surface area contributed by atoms with Crippen LogP contribution in [0.25, 0.3) is 0 Å². The molecule has 0 spiro atoms. The topological polar surface area (TPSA) is 104 Å². The minimum absolute atomic E-state index is 0.171. The first kappa shape index (κ1) is 27.7. The Balaban J connectivity index is 2.83. The Kier molecular flexibility index (Phi) is 13.1. The van der Waals surface area contributed by atoms with Crippen molar-refractivity contribution in [1.29, 1.82) is 0 Å². The number of ether oxygens (including phenoxy) is 1. The second kappa shape index (κ2) is 14.7. The van der Waals surface area contributed by atoms with Crippen molar-refractivity contribution in [2.24, 2.45) is 5.92 Å². The summed E-state index contributed by atoms with van der Waals surface area (Å²) in [5.74, 6) is -0.0998. The molecule has 1 aliphatic rings. The van der Waals surface area contributed by atoms with Crippen molar-refractivity contribution < 1.29 is 29.6 Å². The summed E-state index contributed by atoms with van der Waals surface area (Å²) in [5.41, 5.74) is -0.941. The number of carboxylic acid groups (broad SMARTS) is 1. The lowest BCUT2D eigenvalue weighted by atomic mass is 9.95. The first-order valence-corrected chi connectivity index (χ1v) is 12.6. The highest BCUT2D eigenvalue weighted by atomic mass is 32.2. The maximum absolute atomic E-state index is 12.0. The summed E-state index contributed by atoms with van der Waals surface area (Å²) in [6, 6.07) is 0. The van der Waals surface area contributed by atoms with Gasteiger partial charge in [-0.1, -0.05) is 51.7 Å². The Morgan fingerprint density at radius 1 is 1.13 bits per heavy atom. The van der Waals surface area contributed by atoms with Crippen LogP contribution < -0.4 is 0 Å². The molecule has 3 N–H and O–H groups in total. The van der Waals surface area contributed by atoms with E-state index >= 15 is 0 Å². The van der Waals surface area contributed by atoms with Crippen LogP contribution in [0.1, 0.15) is 91.4 Å². The fourth-order valence-electron chi connectivity index (χ4n) is 3.52. The fraction of sp³-hybridized carbons (Fsp3) is 0.750. The van der Waals surface area contributed by atoms with E-state index in [9.17, 15) is 19.8 Å². The molecule has 0 radical (unpaired) electrons. The predicted octanol–water partition coefficient (Wildman–Crippen LogP) is 5.19. The van der Waals surface area contributed by atoms with Crippen LogP contribution in [0.15, 0.2) is 22.8 Å². The number of hydrogen-bond donors (Lipinski definition) is 3. The molecular weight excluding hydrogens is 416 g/mol. The summed E-state index contributed by atoms with van der Waals surface area (Å²) in [6.45, 7) is 5.82. The Morgan fingerprint density at radius 2 is 1.87 bits per heavy atom. The van der Waals surface area contributed by atoms with Crippen LogP contribution in [-0.4, -0.2) is 44.7 Å². The zero-order valence-corrected chi connectivity index (χ0v) is 20.1. The molecule has 31 heavy (non-hydrogen) atoms. The second-order valence-electron chi connectivity index (χ2n) is 8.54. The predicted molar refractivity (Wildman–Crippen MR) is 125 cm³/mol. The number of aliphatic hydroxyl groups excluding tert-OH is 1. The van der Waals surface area contributed by atoms with Crippen molar-refractivity contribution in [2.45, 2.75) is 103 Å². The van der Waals surface area contributed by atoms with Crippen LogP contribution in [0.5, 0.6) is 0 Å². The quantitative estimate of drug-likeness (QED) is 0.167. The lowest BCUT2D eigenvalue weighted by molar-refractivity contribution is -0.140. The Hall–Kier alpha value is -1.31. The number of carboxylic acids is 1. The first-order chi connectivity index (χ1) is 14.7. The van der Waals surface area contributed by atoms with E-state index in [0.717, 1.165) is 42.8 Å². The van der Waals surface area contributed by atoms with Crippen LogP contribution in [0.2, 0.25) is 0 Å². The smallest absolute Gasteiger partial charge is 0.310 e. The number of hydrogen-bond acceptors (Lipinski definition) is 6. The minimum atomic E-state index is -0.941. The van der Waals surface area contributed by atoms with Gasteiger partial charge in [0.15, 0.2) is 0 Å². The fourth-order valence-corrected chi connectivity index (χ4v) is 4.80. The molecule has 0 unspecified atom stereocenters. The van der Waals surface area contributed by atoms with E-state index in [2.05, 4.69) is 6.92 Å². The van der Waals surface area contributed by atoms with Crippen molar-refractivity contribution in [3.63, 3.8) is 0 Å². The number of unbranched alkanes of at least 4 members (excludes halogenated alkanes) is 4. The number of carbonyl (C=O) groups excluding carboxylic acids is 1. The van der Waals surface area contributed by atoms with Crippen molar-refractivity contribution in [3.8, 4) is 0 Å². The molecule has 0 amide bonds. The second-order valence-corrected chi connectivity index (χ2v) is 9.67. The number of thioether (sulfide) groups is 1. The Morgan fingerprint density at radius 3 is 2.52 bits per heavy atom. The van der Waals surface area contributed by atoms with Gasteiger partial charge in [0.2, 0.25) is 0 Å². The molecule has 0 aromatic carbocycles. The lowest BCUT2D eigenvalue weighted by Crippen LogP contribution is -2.22. The van der Waals surface area contributed by atoms with Crippen LogP contribution in [0.3, 0.4) is 0 Å². The van der Waals surface area contributed by atoms with Crippen molar-refractivity contribution in [2.75, 3.05) is 5.75 Å². The van der Waals surface area contributed by atoms with Gasteiger partial charge in [-0.05, 0) is 38.4 Å². The first-order valence-electron chi connectivity index (χ1n) is 11.6. The normalized spacial score (nSPS) is 20.9. The monoisotopic (exact) mass is 456 g/mol. The zero-order valence-electron chi connectivity index (χ0n) is 19.3. The largest absolute Gasteiger partial charge is 0.481 e. The SMILES string of the molecule is CCCCC[C@](C)(O)C=C[C@@H]1C(SCCCCCC(=O)O)=C(OC(=O)CCC)C[C@H]1O. The average Bonchev–Trinajstić information content (AvgIpc) is 2.97. The van der Waals surface area contributed by atoms with Gasteiger partial charge in [-0.25, -0.2) is 0 Å². The minimum Gasteiger partial charge on any atom is -0.481 e. The van der Waals surface area contributed by atoms with E-state index in [1.807, 2.05) is 13.0 Å². The molecule has 0 aromatic rings. The third-order valence-electron chi connectivity index (χ3n) is 5.32. The van der Waals surface area contributed by atoms with E-state index in [1.54, 1.807) is 24.8 Å². The van der Waals surface area contributed by atoms with E-state index in [4.69, 9.17) is 9.84 Å². The molecule has 7 heteroatoms. The summed E-state index contributed by atoms with van der Waals surface area (Å²) in [7, 11) is 0. The molecule has 0 saturated carbocycles. The van der Waals surface area contributed by atoms with Crippen molar-refractivity contribution in [1.82, 2.24) is 0 Å². The molecule has 3 atom stereocenters. The van der Waals surface area contributed by atoms with E-state index in [1.165, 1.54) is 0 Å². The number of aliphatic carboxylic acids is 1. The molecule has 0 aromatic heterocycles. The number of carbonyl (C=O) groups is 2. The van der Waals surface area contributed by atoms with Gasteiger partial charge in [-0.3, -0.25) is 9.59 Å². The van der Waals surface area contributed by atoms with E-state index < -0.39 is 17.7 Å². The van der Waals surface area contributed by atoms with Gasteiger partial charge in [-0.2, -0.15) is 0 Å². The number of rotatable bonds is 16. The molecule has 6 nitrogen and oxygen atoms in total.